The molecule has 0 aliphatic carbocycles. The van der Waals surface area contributed by atoms with Gasteiger partial charge in [0, 0.05) is 85.4 Å². The number of aromatic nitrogens is 2. The number of rotatable bonds is 6. The molecule has 304 valence electrons. The number of hydrogen-bond donors (Lipinski definition) is 0. The van der Waals surface area contributed by atoms with E-state index in [9.17, 15) is 0 Å². The summed E-state index contributed by atoms with van der Waals surface area (Å²) >= 11 is 5.55. The Bertz CT molecular complexity index is 3930. The van der Waals surface area contributed by atoms with Crippen molar-refractivity contribution in [1.29, 1.82) is 0 Å². The van der Waals surface area contributed by atoms with Crippen molar-refractivity contribution in [2.45, 2.75) is 0 Å². The van der Waals surface area contributed by atoms with Crippen LogP contribution in [0.5, 0.6) is 0 Å². The van der Waals surface area contributed by atoms with Crippen LogP contribution in [-0.4, -0.2) is 18.0 Å². The molecule has 0 aliphatic heterocycles. The molecule has 8 aromatic carbocycles. The molecule has 0 amide bonds. The monoisotopic (exact) mass is 898 g/mol. The van der Waals surface area contributed by atoms with E-state index in [0.717, 1.165) is 44.5 Å². The summed E-state index contributed by atoms with van der Waals surface area (Å²) < 4.78 is 14.8. The molecule has 6 aromatic heterocycles. The smallest absolute Gasteiger partial charge is 0.185 e. The van der Waals surface area contributed by atoms with Crippen LogP contribution >= 0.6 is 34.0 Å². The third-order valence-electron chi connectivity index (χ3n) is 13.3. The lowest BCUT2D eigenvalue weighted by molar-refractivity contribution is 0.671. The van der Waals surface area contributed by atoms with Gasteiger partial charge in [-0.05, 0) is 75.3 Å². The Morgan fingerprint density at radius 2 is 0.846 bits per heavy atom. The third kappa shape index (κ3) is 5.44. The number of thiophene rings is 3. The maximum absolute atomic E-state index is 7.19. The zero-order valence-corrected chi connectivity index (χ0v) is 38.1. The Kier molecular flexibility index (Phi) is 8.21. The number of furan rings is 1. The van der Waals surface area contributed by atoms with E-state index >= 15 is 0 Å². The van der Waals surface area contributed by atoms with Gasteiger partial charge in [0.15, 0.2) is 8.07 Å². The van der Waals surface area contributed by atoms with Crippen molar-refractivity contribution in [2.75, 3.05) is 0 Å². The minimum Gasteiger partial charge on any atom is -0.456 e. The minimum atomic E-state index is -3.12. The van der Waals surface area contributed by atoms with Crippen molar-refractivity contribution in [3.63, 3.8) is 0 Å². The van der Waals surface area contributed by atoms with Crippen LogP contribution in [0, 0.1) is 0 Å². The van der Waals surface area contributed by atoms with E-state index in [4.69, 9.17) is 14.4 Å². The van der Waals surface area contributed by atoms with Gasteiger partial charge in [-0.2, -0.15) is 0 Å². The SMILES string of the molecule is c1ccc([Si](c2ccccc2)(c2cccc3c2oc2ccc(-c4nccc5c4sc4ccccc45)cc23)c2cccc3c2sc2ccc(-c4nccc5c4sc4ccccc45)cc23)cc1. The maximum atomic E-state index is 7.19. The van der Waals surface area contributed by atoms with Gasteiger partial charge in [-0.3, -0.25) is 9.97 Å². The number of pyridine rings is 2. The highest BCUT2D eigenvalue weighted by Crippen LogP contribution is 2.43. The lowest BCUT2D eigenvalue weighted by Gasteiger charge is -2.34. The molecule has 0 aliphatic rings. The first-order valence-corrected chi connectivity index (χ1v) is 26.2. The predicted octanol–water partition coefficient (Wildman–Crippen LogP) is 14.2. The van der Waals surface area contributed by atoms with Gasteiger partial charge in [-0.15, -0.1) is 34.0 Å². The number of hydrogen-bond acceptors (Lipinski definition) is 6. The van der Waals surface area contributed by atoms with E-state index in [0.29, 0.717) is 0 Å². The number of nitrogens with zero attached hydrogens (tertiary/aromatic N) is 2. The fraction of sp³-hybridized carbons (Fsp3) is 0. The average molecular weight is 899 g/mol. The van der Waals surface area contributed by atoms with Crippen molar-refractivity contribution >= 4 is 145 Å². The summed E-state index contributed by atoms with van der Waals surface area (Å²) in [6.07, 6.45) is 3.91. The van der Waals surface area contributed by atoms with Gasteiger partial charge in [-0.1, -0.05) is 140 Å². The summed E-state index contributed by atoms with van der Waals surface area (Å²) in [5.74, 6) is 0. The van der Waals surface area contributed by atoms with Crippen LogP contribution in [-0.2, 0) is 0 Å². The first-order valence-electron chi connectivity index (χ1n) is 21.8. The van der Waals surface area contributed by atoms with Crippen molar-refractivity contribution < 1.29 is 4.42 Å². The van der Waals surface area contributed by atoms with Gasteiger partial charge in [0.05, 0.1) is 20.8 Å². The Hall–Kier alpha value is -7.26. The van der Waals surface area contributed by atoms with Gasteiger partial charge in [0.1, 0.15) is 11.2 Å². The Labute approximate surface area is 386 Å². The molecule has 7 heteroatoms. The van der Waals surface area contributed by atoms with E-state index in [1.807, 2.05) is 46.4 Å². The van der Waals surface area contributed by atoms with Crippen molar-refractivity contribution in [3.8, 4) is 22.5 Å². The molecular weight excluding hydrogens is 865 g/mol. The molecule has 0 atom stereocenters. The molecule has 0 spiro atoms. The van der Waals surface area contributed by atoms with Crippen LogP contribution in [0.15, 0.2) is 211 Å². The van der Waals surface area contributed by atoms with Gasteiger partial charge in [-0.25, -0.2) is 0 Å². The van der Waals surface area contributed by atoms with Crippen LogP contribution in [0.4, 0.5) is 0 Å². The molecule has 14 aromatic rings. The van der Waals surface area contributed by atoms with Crippen LogP contribution in [0.3, 0.4) is 0 Å². The molecule has 0 N–H and O–H groups in total. The van der Waals surface area contributed by atoms with Crippen molar-refractivity contribution in [3.05, 3.63) is 207 Å². The van der Waals surface area contributed by atoms with E-state index < -0.39 is 8.07 Å². The van der Waals surface area contributed by atoms with E-state index in [1.165, 1.54) is 81.3 Å². The first-order chi connectivity index (χ1) is 32.2. The quantitative estimate of drug-likeness (QED) is 0.123. The van der Waals surface area contributed by atoms with Crippen LogP contribution in [0.2, 0.25) is 0 Å². The number of fused-ring (bicyclic) bond motifs is 12. The summed E-state index contributed by atoms with van der Waals surface area (Å²) in [5.41, 5.74) is 6.08. The molecule has 6 heterocycles. The molecule has 0 bridgehead atoms. The van der Waals surface area contributed by atoms with Crippen molar-refractivity contribution in [1.82, 2.24) is 9.97 Å². The molecule has 14 rings (SSSR count). The third-order valence-corrected chi connectivity index (χ3v) is 22.0. The van der Waals surface area contributed by atoms with Gasteiger partial charge in [0.25, 0.3) is 0 Å². The predicted molar refractivity (Wildman–Crippen MR) is 282 cm³/mol. The summed E-state index contributed by atoms with van der Waals surface area (Å²) in [4.78, 5) is 10.0. The van der Waals surface area contributed by atoms with Gasteiger partial charge in [0.2, 0.25) is 0 Å². The summed E-state index contributed by atoms with van der Waals surface area (Å²) in [6, 6.07) is 71.5. The minimum absolute atomic E-state index is 0.874. The average Bonchev–Trinajstić information content (AvgIpc) is 4.15. The molecule has 65 heavy (non-hydrogen) atoms. The second-order valence-electron chi connectivity index (χ2n) is 16.7. The molecule has 0 unspecified atom stereocenters. The Morgan fingerprint density at radius 1 is 0.354 bits per heavy atom. The molecule has 0 saturated carbocycles. The van der Waals surface area contributed by atoms with Crippen LogP contribution < -0.4 is 20.7 Å². The highest BCUT2D eigenvalue weighted by molar-refractivity contribution is 7.31. The standard InChI is InChI=1S/C58H34N2OS3Si/c1-3-13-37(14-4-1)65(38-15-5-2-6-16-38,51-23-11-19-41-45-33-35(25-27-47(45)61-55(41)51)53-57-43(29-31-59-53)39-17-7-9-21-48(39)63-57)52-24-12-20-42-46-34-36(26-28-50(46)62-56(42)52)54-58-44(30-32-60-54)40-18-8-10-22-49(40)64-58/h1-34H. The second-order valence-corrected chi connectivity index (χ2v) is 23.6. The maximum Gasteiger partial charge on any atom is 0.185 e. The first kappa shape index (κ1) is 37.1. The molecular formula is C58H34N2OS3Si. The van der Waals surface area contributed by atoms with E-state index in [2.05, 4.69) is 194 Å². The van der Waals surface area contributed by atoms with Crippen LogP contribution in [0.25, 0.3) is 105 Å². The number of para-hydroxylation sites is 1. The van der Waals surface area contributed by atoms with E-state index in [-0.39, 0.29) is 0 Å². The second kappa shape index (κ2) is 14.4. The largest absolute Gasteiger partial charge is 0.456 e. The summed E-state index contributed by atoms with van der Waals surface area (Å²) in [6.45, 7) is 0. The van der Waals surface area contributed by atoms with E-state index in [1.54, 1.807) is 0 Å². The fourth-order valence-electron chi connectivity index (χ4n) is 10.5. The topological polar surface area (TPSA) is 38.9 Å². The van der Waals surface area contributed by atoms with Crippen LogP contribution in [0.1, 0.15) is 0 Å². The normalized spacial score (nSPS) is 12.3. The number of benzene rings is 8. The zero-order valence-electron chi connectivity index (χ0n) is 34.7. The Balaban J connectivity index is 1.02. The molecule has 0 radical (unpaired) electrons. The van der Waals surface area contributed by atoms with Gasteiger partial charge >= 0.3 is 0 Å². The lowest BCUT2D eigenvalue weighted by Crippen LogP contribution is -2.74. The lowest BCUT2D eigenvalue weighted by atomic mass is 10.0. The zero-order chi connectivity index (χ0) is 42.6. The highest BCUT2D eigenvalue weighted by Gasteiger charge is 2.45. The molecule has 3 nitrogen and oxygen atoms in total. The highest BCUT2D eigenvalue weighted by atomic mass is 32.1. The summed E-state index contributed by atoms with van der Waals surface area (Å²) in [7, 11) is -3.12. The van der Waals surface area contributed by atoms with Gasteiger partial charge < -0.3 is 4.42 Å². The molecule has 0 saturated heterocycles. The fourth-order valence-corrected chi connectivity index (χ4v) is 19.6. The summed E-state index contributed by atoms with van der Waals surface area (Å²) in [5, 5.41) is 15.0. The Morgan fingerprint density at radius 3 is 1.49 bits per heavy atom. The molecule has 0 fully saturated rings. The van der Waals surface area contributed by atoms with Crippen molar-refractivity contribution in [2.24, 2.45) is 0 Å².